The predicted octanol–water partition coefficient (Wildman–Crippen LogP) is 2.52. The minimum atomic E-state index is -0.0588. The number of hydrogen-bond donors (Lipinski definition) is 1. The van der Waals surface area contributed by atoms with Crippen LogP contribution in [0.5, 0.6) is 0 Å². The number of rotatable bonds is 2. The van der Waals surface area contributed by atoms with Crippen LogP contribution in [-0.4, -0.2) is 65.2 Å². The molecular weight excluding hydrogens is 388 g/mol. The van der Waals surface area contributed by atoms with Gasteiger partial charge in [0, 0.05) is 45.1 Å². The molecule has 3 amide bonds. The van der Waals surface area contributed by atoms with Gasteiger partial charge in [0.25, 0.3) is 5.91 Å². The number of thiazole rings is 1. The Bertz CT molecular complexity index is 740. The van der Waals surface area contributed by atoms with Crippen LogP contribution in [0.3, 0.4) is 0 Å². The lowest BCUT2D eigenvalue weighted by molar-refractivity contribution is -0.137. The highest BCUT2D eigenvalue weighted by Gasteiger charge is 2.31. The Morgan fingerprint density at radius 3 is 2.41 bits per heavy atom. The quantitative estimate of drug-likeness (QED) is 0.797. The fourth-order valence-corrected chi connectivity index (χ4v) is 5.01. The molecule has 0 spiro atoms. The first-order chi connectivity index (χ1) is 14.0. The highest BCUT2D eigenvalue weighted by atomic mass is 32.1. The van der Waals surface area contributed by atoms with E-state index in [0.29, 0.717) is 43.8 Å². The number of amides is 3. The summed E-state index contributed by atoms with van der Waals surface area (Å²) in [5, 5.41) is 3.84. The smallest absolute Gasteiger partial charge is 0.265 e. The lowest BCUT2D eigenvalue weighted by Gasteiger charge is -2.34. The van der Waals surface area contributed by atoms with E-state index in [-0.39, 0.29) is 23.6 Å². The van der Waals surface area contributed by atoms with Crippen molar-refractivity contribution in [3.8, 4) is 0 Å². The van der Waals surface area contributed by atoms with Gasteiger partial charge < -0.3 is 15.1 Å². The zero-order valence-electron chi connectivity index (χ0n) is 17.5. The van der Waals surface area contributed by atoms with Crippen molar-refractivity contribution >= 4 is 29.1 Å². The minimum Gasteiger partial charge on any atom is -0.356 e. The van der Waals surface area contributed by atoms with Crippen molar-refractivity contribution in [3.63, 3.8) is 0 Å². The summed E-state index contributed by atoms with van der Waals surface area (Å²) < 4.78 is 0. The summed E-state index contributed by atoms with van der Waals surface area (Å²) >= 11 is 1.44. The fraction of sp³-hybridized carbons (Fsp3) is 0.714. The van der Waals surface area contributed by atoms with Crippen LogP contribution >= 0.6 is 11.3 Å². The molecule has 7 nitrogen and oxygen atoms in total. The van der Waals surface area contributed by atoms with E-state index in [1.165, 1.54) is 11.3 Å². The minimum absolute atomic E-state index is 0.0281. The van der Waals surface area contributed by atoms with Crippen molar-refractivity contribution in [2.75, 3.05) is 32.7 Å². The van der Waals surface area contributed by atoms with E-state index in [9.17, 15) is 14.4 Å². The monoisotopic (exact) mass is 420 g/mol. The second-order valence-electron chi connectivity index (χ2n) is 8.05. The second-order valence-corrected chi connectivity index (χ2v) is 9.26. The standard InChI is InChI=1S/C21H32N4O3S/c1-15-19(29-16(2)23-15)21(28)25-12-7-17(8-13-25)20(27)24-11-6-4-3-5-10-22-18(26)9-14-24/h17H,3-14H2,1-2H3,(H,22,26). The van der Waals surface area contributed by atoms with Gasteiger partial charge in [-0.25, -0.2) is 4.98 Å². The lowest BCUT2D eigenvalue weighted by atomic mass is 9.94. The van der Waals surface area contributed by atoms with Crippen molar-refractivity contribution < 1.29 is 14.4 Å². The average Bonchev–Trinajstić information content (AvgIpc) is 3.03. The Morgan fingerprint density at radius 1 is 1.00 bits per heavy atom. The molecule has 1 N–H and O–H groups in total. The van der Waals surface area contributed by atoms with Crippen molar-refractivity contribution in [1.29, 1.82) is 0 Å². The van der Waals surface area contributed by atoms with Gasteiger partial charge in [0.2, 0.25) is 11.8 Å². The number of carbonyl (C=O) groups is 3. The third-order valence-electron chi connectivity index (χ3n) is 5.83. The van der Waals surface area contributed by atoms with Crippen LogP contribution in [0.15, 0.2) is 0 Å². The van der Waals surface area contributed by atoms with Crippen molar-refractivity contribution in [1.82, 2.24) is 20.1 Å². The van der Waals surface area contributed by atoms with Crippen molar-refractivity contribution in [2.45, 2.75) is 58.8 Å². The number of aryl methyl sites for hydroxylation is 2. The van der Waals surface area contributed by atoms with Gasteiger partial charge in [0.15, 0.2) is 0 Å². The Hall–Kier alpha value is -1.96. The van der Waals surface area contributed by atoms with Gasteiger partial charge >= 0.3 is 0 Å². The maximum absolute atomic E-state index is 13.1. The summed E-state index contributed by atoms with van der Waals surface area (Å²) in [5.41, 5.74) is 0.789. The molecule has 1 aromatic heterocycles. The van der Waals surface area contributed by atoms with Crippen LogP contribution in [-0.2, 0) is 9.59 Å². The number of piperidine rings is 1. The molecule has 3 rings (SSSR count). The number of hydrogen-bond acceptors (Lipinski definition) is 5. The van der Waals surface area contributed by atoms with Crippen molar-refractivity contribution in [2.24, 2.45) is 5.92 Å². The molecule has 29 heavy (non-hydrogen) atoms. The van der Waals surface area contributed by atoms with Gasteiger partial charge in [0.1, 0.15) is 4.88 Å². The summed E-state index contributed by atoms with van der Waals surface area (Å²) in [5.74, 6) is 0.150. The zero-order chi connectivity index (χ0) is 20.8. The number of likely N-dealkylation sites (tertiary alicyclic amines) is 1. The number of nitrogens with one attached hydrogen (secondary N) is 1. The first kappa shape index (κ1) is 21.7. The van der Waals surface area contributed by atoms with Gasteiger partial charge in [-0.3, -0.25) is 14.4 Å². The molecule has 2 aliphatic heterocycles. The Morgan fingerprint density at radius 2 is 1.72 bits per heavy atom. The Kier molecular flexibility index (Phi) is 7.64. The van der Waals surface area contributed by atoms with E-state index >= 15 is 0 Å². The molecule has 3 heterocycles. The van der Waals surface area contributed by atoms with Gasteiger partial charge in [-0.2, -0.15) is 0 Å². The SMILES string of the molecule is Cc1nc(C)c(C(=O)N2CCC(C(=O)N3CCCCCCNC(=O)CC3)CC2)s1. The maximum Gasteiger partial charge on any atom is 0.265 e. The van der Waals surface area contributed by atoms with E-state index in [2.05, 4.69) is 10.3 Å². The highest BCUT2D eigenvalue weighted by molar-refractivity contribution is 7.13. The summed E-state index contributed by atoms with van der Waals surface area (Å²) in [6.45, 7) is 6.93. The van der Waals surface area contributed by atoms with E-state index in [1.807, 2.05) is 23.6 Å². The molecule has 0 aromatic carbocycles. The molecule has 0 aliphatic carbocycles. The lowest BCUT2D eigenvalue weighted by Crippen LogP contribution is -2.45. The first-order valence-corrected chi connectivity index (χ1v) is 11.6. The number of aromatic nitrogens is 1. The average molecular weight is 421 g/mol. The topological polar surface area (TPSA) is 82.6 Å². The molecule has 8 heteroatoms. The molecule has 0 unspecified atom stereocenters. The summed E-state index contributed by atoms with van der Waals surface area (Å²) in [7, 11) is 0. The van der Waals surface area contributed by atoms with E-state index in [4.69, 9.17) is 0 Å². The maximum atomic E-state index is 13.1. The molecule has 0 saturated carbocycles. The second kappa shape index (κ2) is 10.2. The van der Waals surface area contributed by atoms with E-state index < -0.39 is 0 Å². The molecule has 2 saturated heterocycles. The summed E-state index contributed by atoms with van der Waals surface area (Å²) in [4.78, 5) is 46.6. The van der Waals surface area contributed by atoms with Crippen LogP contribution in [0.2, 0.25) is 0 Å². The first-order valence-electron chi connectivity index (χ1n) is 10.7. The van der Waals surface area contributed by atoms with Crippen LogP contribution < -0.4 is 5.32 Å². The molecule has 0 atom stereocenters. The molecule has 2 fully saturated rings. The number of nitrogens with zero attached hydrogens (tertiary/aromatic N) is 3. The summed E-state index contributed by atoms with van der Waals surface area (Å²) in [6, 6.07) is 0. The number of carbonyl (C=O) groups excluding carboxylic acids is 3. The zero-order valence-corrected chi connectivity index (χ0v) is 18.4. The Labute approximate surface area is 176 Å². The van der Waals surface area contributed by atoms with Gasteiger partial charge in [-0.15, -0.1) is 11.3 Å². The van der Waals surface area contributed by atoms with Crippen LogP contribution in [0.1, 0.15) is 65.3 Å². The van der Waals surface area contributed by atoms with Crippen LogP contribution in [0.25, 0.3) is 0 Å². The normalized spacial score (nSPS) is 20.1. The van der Waals surface area contributed by atoms with Gasteiger partial charge in [-0.05, 0) is 39.5 Å². The molecule has 1 aromatic rings. The van der Waals surface area contributed by atoms with E-state index in [1.54, 1.807) is 0 Å². The third kappa shape index (κ3) is 5.78. The molecule has 2 aliphatic rings. The van der Waals surface area contributed by atoms with E-state index in [0.717, 1.165) is 49.5 Å². The van der Waals surface area contributed by atoms with Gasteiger partial charge in [-0.1, -0.05) is 12.8 Å². The third-order valence-corrected chi connectivity index (χ3v) is 6.89. The largest absolute Gasteiger partial charge is 0.356 e. The van der Waals surface area contributed by atoms with Crippen LogP contribution in [0.4, 0.5) is 0 Å². The van der Waals surface area contributed by atoms with Crippen LogP contribution in [0, 0.1) is 19.8 Å². The molecular formula is C21H32N4O3S. The van der Waals surface area contributed by atoms with Gasteiger partial charge in [0.05, 0.1) is 10.7 Å². The fourth-order valence-electron chi connectivity index (χ4n) is 4.13. The molecule has 160 valence electrons. The Balaban J connectivity index is 1.55. The summed E-state index contributed by atoms with van der Waals surface area (Å²) in [6.07, 6.45) is 5.90. The highest BCUT2D eigenvalue weighted by Crippen LogP contribution is 2.25. The predicted molar refractivity (Wildman–Crippen MR) is 113 cm³/mol. The van der Waals surface area contributed by atoms with Crippen molar-refractivity contribution in [3.05, 3.63) is 15.6 Å². The molecule has 0 bridgehead atoms. The molecule has 0 radical (unpaired) electrons.